The molecule has 0 aromatic heterocycles. The van der Waals surface area contributed by atoms with E-state index in [1.807, 2.05) is 54.6 Å². The molecule has 0 aliphatic rings. The number of benzene rings is 3. The highest BCUT2D eigenvalue weighted by molar-refractivity contribution is 5.96. The van der Waals surface area contributed by atoms with E-state index in [-0.39, 0.29) is 16.5 Å². The zero-order chi connectivity index (χ0) is 26.1. The van der Waals surface area contributed by atoms with E-state index in [0.29, 0.717) is 29.0 Å². The molecule has 0 radical (unpaired) electrons. The molecule has 3 rings (SSSR count). The minimum Gasteiger partial charge on any atom is -0.497 e. The Labute approximate surface area is 212 Å². The van der Waals surface area contributed by atoms with Crippen LogP contribution in [0.1, 0.15) is 37.5 Å². The first kappa shape index (κ1) is 26.6. The maximum atomic E-state index is 12.4. The Balaban J connectivity index is 2.08. The third kappa shape index (κ3) is 6.37. The van der Waals surface area contributed by atoms with Crippen LogP contribution in [0, 0.1) is 10.1 Å². The number of hydrogen-bond donors (Lipinski definition) is 0. The topological polar surface area (TPSA) is 75.9 Å². The standard InChI is InChI=1S/C29H33N3O4/c1-5-30(6-2)20-21-31(22(3)33)26-16-12-24(13-17-26)28(23-10-8-7-9-11-23)29(32(34)35)25-14-18-27(36-4)19-15-25/h7-19H,5-6,20-21H2,1-4H3. The number of hydrogen-bond acceptors (Lipinski definition) is 5. The lowest BCUT2D eigenvalue weighted by atomic mass is 9.93. The number of carbonyl (C=O) groups excluding carboxylic acids is 1. The number of nitro groups is 1. The lowest BCUT2D eigenvalue weighted by Gasteiger charge is -2.26. The van der Waals surface area contributed by atoms with E-state index in [2.05, 4.69) is 18.7 Å². The highest BCUT2D eigenvalue weighted by Crippen LogP contribution is 2.34. The Morgan fingerprint density at radius 1 is 0.833 bits per heavy atom. The van der Waals surface area contributed by atoms with Gasteiger partial charge in [0.15, 0.2) is 0 Å². The van der Waals surface area contributed by atoms with Gasteiger partial charge in [0.1, 0.15) is 5.75 Å². The van der Waals surface area contributed by atoms with Crippen LogP contribution in [0.15, 0.2) is 78.9 Å². The smallest absolute Gasteiger partial charge is 0.284 e. The van der Waals surface area contributed by atoms with Gasteiger partial charge in [-0.1, -0.05) is 56.3 Å². The molecule has 0 saturated heterocycles. The molecule has 7 heteroatoms. The molecule has 0 aliphatic carbocycles. The number of likely N-dealkylation sites (N-methyl/N-ethyl adjacent to an activating group) is 1. The summed E-state index contributed by atoms with van der Waals surface area (Å²) < 4.78 is 5.22. The van der Waals surface area contributed by atoms with E-state index >= 15 is 0 Å². The van der Waals surface area contributed by atoms with E-state index in [1.165, 1.54) is 0 Å². The molecule has 0 atom stereocenters. The third-order valence-electron chi connectivity index (χ3n) is 6.23. The monoisotopic (exact) mass is 487 g/mol. The fourth-order valence-electron chi connectivity index (χ4n) is 4.19. The number of nitrogens with zero attached hydrogens (tertiary/aromatic N) is 3. The van der Waals surface area contributed by atoms with Crippen LogP contribution in [-0.4, -0.2) is 49.0 Å². The van der Waals surface area contributed by atoms with Crippen molar-refractivity contribution in [2.24, 2.45) is 0 Å². The number of anilines is 1. The Bertz CT molecular complexity index is 1190. The van der Waals surface area contributed by atoms with Gasteiger partial charge < -0.3 is 14.5 Å². The van der Waals surface area contributed by atoms with Gasteiger partial charge in [0.05, 0.1) is 23.2 Å². The molecule has 7 nitrogen and oxygen atoms in total. The Kier molecular flexibility index (Phi) is 9.36. The summed E-state index contributed by atoms with van der Waals surface area (Å²) in [6.07, 6.45) is 0. The molecule has 3 aromatic rings. The number of methoxy groups -OCH3 is 1. The van der Waals surface area contributed by atoms with E-state index < -0.39 is 0 Å². The quantitative estimate of drug-likeness (QED) is 0.200. The SMILES string of the molecule is CCN(CC)CCN(C(C)=O)c1ccc(C(=C(c2ccc(OC)cc2)[N+](=O)[O-])c2ccccc2)cc1. The Hall–Kier alpha value is -3.97. The van der Waals surface area contributed by atoms with Gasteiger partial charge in [-0.2, -0.15) is 0 Å². The van der Waals surface area contributed by atoms with Gasteiger partial charge in [-0.15, -0.1) is 0 Å². The van der Waals surface area contributed by atoms with Crippen LogP contribution in [0.5, 0.6) is 5.75 Å². The Morgan fingerprint density at radius 2 is 1.39 bits per heavy atom. The Morgan fingerprint density at radius 3 is 1.89 bits per heavy atom. The maximum absolute atomic E-state index is 12.4. The second kappa shape index (κ2) is 12.7. The van der Waals surface area contributed by atoms with Crippen molar-refractivity contribution in [1.29, 1.82) is 0 Å². The van der Waals surface area contributed by atoms with Crippen molar-refractivity contribution in [2.45, 2.75) is 20.8 Å². The molecule has 0 fully saturated rings. The second-order valence-corrected chi connectivity index (χ2v) is 8.32. The molecule has 36 heavy (non-hydrogen) atoms. The van der Waals surface area contributed by atoms with Crippen LogP contribution in [0.25, 0.3) is 11.3 Å². The summed E-state index contributed by atoms with van der Waals surface area (Å²) in [7, 11) is 1.56. The highest BCUT2D eigenvalue weighted by Gasteiger charge is 2.24. The summed E-state index contributed by atoms with van der Waals surface area (Å²) in [4.78, 5) is 28.4. The van der Waals surface area contributed by atoms with Gasteiger partial charge in [-0.05, 0) is 60.6 Å². The van der Waals surface area contributed by atoms with Crippen molar-refractivity contribution >= 4 is 22.9 Å². The van der Waals surface area contributed by atoms with Gasteiger partial charge in [-0.3, -0.25) is 14.9 Å². The summed E-state index contributed by atoms with van der Waals surface area (Å²) >= 11 is 0. The molecule has 0 heterocycles. The predicted molar refractivity (Wildman–Crippen MR) is 145 cm³/mol. The molecule has 0 N–H and O–H groups in total. The molecule has 3 aromatic carbocycles. The van der Waals surface area contributed by atoms with Crippen LogP contribution in [-0.2, 0) is 4.79 Å². The normalized spacial score (nSPS) is 11.7. The minimum absolute atomic E-state index is 0.00144. The number of ether oxygens (including phenoxy) is 1. The van der Waals surface area contributed by atoms with E-state index in [9.17, 15) is 14.9 Å². The third-order valence-corrected chi connectivity index (χ3v) is 6.23. The first-order valence-electron chi connectivity index (χ1n) is 12.1. The molecule has 188 valence electrons. The summed E-state index contributed by atoms with van der Waals surface area (Å²) in [6.45, 7) is 8.94. The largest absolute Gasteiger partial charge is 0.497 e. The van der Waals surface area contributed by atoms with Crippen LogP contribution >= 0.6 is 0 Å². The molecule has 0 spiro atoms. The summed E-state index contributed by atoms with van der Waals surface area (Å²) in [5.41, 5.74) is 3.18. The van der Waals surface area contributed by atoms with Crippen molar-refractivity contribution in [3.8, 4) is 5.75 Å². The molecular weight excluding hydrogens is 454 g/mol. The van der Waals surface area contributed by atoms with Crippen molar-refractivity contribution in [3.63, 3.8) is 0 Å². The molecule has 0 saturated carbocycles. The van der Waals surface area contributed by atoms with E-state index in [1.54, 1.807) is 43.2 Å². The van der Waals surface area contributed by atoms with Gasteiger partial charge in [0, 0.05) is 25.7 Å². The average Bonchev–Trinajstić information content (AvgIpc) is 2.90. The van der Waals surface area contributed by atoms with Gasteiger partial charge in [0.2, 0.25) is 5.91 Å². The summed E-state index contributed by atoms with van der Waals surface area (Å²) in [6, 6.07) is 23.5. The molecular formula is C29H33N3O4. The molecule has 1 amide bonds. The van der Waals surface area contributed by atoms with Crippen molar-refractivity contribution in [1.82, 2.24) is 4.90 Å². The molecule has 0 bridgehead atoms. The fraction of sp³-hybridized carbons (Fsp3) is 0.276. The lowest BCUT2D eigenvalue weighted by Crippen LogP contribution is -2.37. The van der Waals surface area contributed by atoms with Crippen LogP contribution < -0.4 is 9.64 Å². The van der Waals surface area contributed by atoms with Crippen LogP contribution in [0.3, 0.4) is 0 Å². The summed E-state index contributed by atoms with van der Waals surface area (Å²) in [5.74, 6) is 0.582. The molecule has 0 unspecified atom stereocenters. The zero-order valence-corrected chi connectivity index (χ0v) is 21.3. The van der Waals surface area contributed by atoms with Crippen molar-refractivity contribution < 1.29 is 14.5 Å². The van der Waals surface area contributed by atoms with Crippen LogP contribution in [0.4, 0.5) is 5.69 Å². The van der Waals surface area contributed by atoms with E-state index in [0.717, 1.165) is 30.9 Å². The number of amides is 1. The number of carbonyl (C=O) groups is 1. The van der Waals surface area contributed by atoms with Crippen molar-refractivity contribution in [2.75, 3.05) is 38.2 Å². The van der Waals surface area contributed by atoms with E-state index in [4.69, 9.17) is 4.74 Å². The average molecular weight is 488 g/mol. The minimum atomic E-state index is -0.343. The first-order chi connectivity index (χ1) is 17.4. The lowest BCUT2D eigenvalue weighted by molar-refractivity contribution is -0.374. The second-order valence-electron chi connectivity index (χ2n) is 8.32. The maximum Gasteiger partial charge on any atom is 0.284 e. The van der Waals surface area contributed by atoms with Gasteiger partial charge >= 0.3 is 0 Å². The fourth-order valence-corrected chi connectivity index (χ4v) is 4.19. The number of rotatable bonds is 11. The summed E-state index contributed by atoms with van der Waals surface area (Å²) in [5, 5.41) is 12.4. The molecule has 0 aliphatic heterocycles. The highest BCUT2D eigenvalue weighted by atomic mass is 16.6. The van der Waals surface area contributed by atoms with Gasteiger partial charge in [0.25, 0.3) is 5.70 Å². The zero-order valence-electron chi connectivity index (χ0n) is 21.3. The van der Waals surface area contributed by atoms with Crippen molar-refractivity contribution in [3.05, 3.63) is 106 Å². The predicted octanol–water partition coefficient (Wildman–Crippen LogP) is 5.58. The van der Waals surface area contributed by atoms with Gasteiger partial charge in [-0.25, -0.2) is 0 Å². The first-order valence-corrected chi connectivity index (χ1v) is 12.1. The van der Waals surface area contributed by atoms with Crippen LogP contribution in [0.2, 0.25) is 0 Å².